The van der Waals surface area contributed by atoms with E-state index >= 15 is 0 Å². The van der Waals surface area contributed by atoms with E-state index in [2.05, 4.69) is 90.0 Å². The molecule has 0 fully saturated rings. The zero-order valence-electron chi connectivity index (χ0n) is 18.1. The van der Waals surface area contributed by atoms with Gasteiger partial charge in [0.1, 0.15) is 23.0 Å². The minimum absolute atomic E-state index is 0.000310. The van der Waals surface area contributed by atoms with E-state index in [1.807, 2.05) is 36.4 Å². The molecule has 2 aromatic heterocycles. The topological polar surface area (TPSA) is 44.2 Å². The Labute approximate surface area is 200 Å². The Morgan fingerprint density at radius 2 is 1.13 bits per heavy atom. The molecule has 0 saturated carbocycles. The molecular formula is C24H26BrIN2O2. The summed E-state index contributed by atoms with van der Waals surface area (Å²) < 4.78 is 13.9. The van der Waals surface area contributed by atoms with Crippen molar-refractivity contribution in [2.24, 2.45) is 0 Å². The van der Waals surface area contributed by atoms with E-state index in [0.717, 1.165) is 19.4 Å². The lowest BCUT2D eigenvalue weighted by atomic mass is 9.92. The van der Waals surface area contributed by atoms with Crippen molar-refractivity contribution in [3.8, 4) is 23.0 Å². The minimum atomic E-state index is 0.000310. The quantitative estimate of drug-likeness (QED) is 0.293. The van der Waals surface area contributed by atoms with Gasteiger partial charge < -0.3 is 9.47 Å². The lowest BCUT2D eigenvalue weighted by Crippen LogP contribution is -2.12. The van der Waals surface area contributed by atoms with Crippen LogP contribution in [0.15, 0.2) is 53.3 Å². The fraction of sp³-hybridized carbons (Fsp3) is 0.333. The third-order valence-corrected chi connectivity index (χ3v) is 5.96. The molecule has 0 spiro atoms. The van der Waals surface area contributed by atoms with Crippen molar-refractivity contribution in [2.75, 3.05) is 0 Å². The first-order valence-corrected chi connectivity index (χ1v) is 11.6. The molecule has 0 aliphatic carbocycles. The summed E-state index contributed by atoms with van der Waals surface area (Å²) >= 11 is 5.79. The van der Waals surface area contributed by atoms with Gasteiger partial charge in [-0.1, -0.05) is 57.5 Å². The van der Waals surface area contributed by atoms with Crippen LogP contribution in [0.25, 0.3) is 0 Å². The lowest BCUT2D eigenvalue weighted by Gasteiger charge is -2.18. The number of benzene rings is 1. The smallest absolute Gasteiger partial charge is 0.145 e. The second-order valence-corrected chi connectivity index (χ2v) is 11.2. The Kier molecular flexibility index (Phi) is 6.77. The van der Waals surface area contributed by atoms with Gasteiger partial charge in [0, 0.05) is 26.7 Å². The number of rotatable bonds is 4. The molecule has 2 heterocycles. The number of nitrogens with zero attached hydrogens (tertiary/aromatic N) is 2. The van der Waals surface area contributed by atoms with Crippen LogP contribution in [0, 0.1) is 3.57 Å². The maximum atomic E-state index is 6.10. The normalized spacial score (nSPS) is 12.0. The van der Waals surface area contributed by atoms with E-state index in [1.54, 1.807) is 12.4 Å². The molecule has 0 aliphatic rings. The van der Waals surface area contributed by atoms with E-state index in [0.29, 0.717) is 23.0 Å². The highest BCUT2D eigenvalue weighted by Crippen LogP contribution is 2.39. The summed E-state index contributed by atoms with van der Waals surface area (Å²) in [6.07, 6.45) is 3.51. The van der Waals surface area contributed by atoms with Crippen molar-refractivity contribution in [3.05, 3.63) is 68.2 Å². The summed E-state index contributed by atoms with van der Waals surface area (Å²) in [5.41, 5.74) is 2.05. The Hall–Kier alpha value is -1.67. The molecule has 4 nitrogen and oxygen atoms in total. The Balaban J connectivity index is 1.83. The van der Waals surface area contributed by atoms with Crippen LogP contribution in [-0.2, 0) is 10.8 Å². The van der Waals surface area contributed by atoms with Crippen molar-refractivity contribution in [3.63, 3.8) is 0 Å². The summed E-state index contributed by atoms with van der Waals surface area (Å²) in [5, 5.41) is 0. The van der Waals surface area contributed by atoms with Crippen molar-refractivity contribution in [1.29, 1.82) is 0 Å². The molecule has 158 valence electrons. The molecule has 0 bridgehead atoms. The van der Waals surface area contributed by atoms with Gasteiger partial charge in [0.05, 0.1) is 16.0 Å². The molecule has 30 heavy (non-hydrogen) atoms. The van der Waals surface area contributed by atoms with Gasteiger partial charge in [-0.25, -0.2) is 0 Å². The molecule has 3 rings (SSSR count). The average molecular weight is 581 g/mol. The molecule has 3 aromatic rings. The summed E-state index contributed by atoms with van der Waals surface area (Å²) in [6.45, 7) is 12.8. The molecular weight excluding hydrogens is 555 g/mol. The number of hydrogen-bond donors (Lipinski definition) is 0. The zero-order valence-corrected chi connectivity index (χ0v) is 21.8. The van der Waals surface area contributed by atoms with Crippen LogP contribution < -0.4 is 9.47 Å². The number of aromatic nitrogens is 2. The second-order valence-electron chi connectivity index (χ2n) is 9.18. The van der Waals surface area contributed by atoms with E-state index in [9.17, 15) is 0 Å². The summed E-state index contributed by atoms with van der Waals surface area (Å²) in [6, 6.07) is 11.7. The first kappa shape index (κ1) is 23.0. The van der Waals surface area contributed by atoms with Crippen LogP contribution in [0.3, 0.4) is 0 Å². The lowest BCUT2D eigenvalue weighted by molar-refractivity contribution is 0.449. The Morgan fingerprint density at radius 3 is 1.43 bits per heavy atom. The van der Waals surface area contributed by atoms with Gasteiger partial charge >= 0.3 is 0 Å². The molecule has 0 aliphatic heterocycles. The van der Waals surface area contributed by atoms with Gasteiger partial charge in [-0.05, 0) is 59.0 Å². The van der Waals surface area contributed by atoms with Gasteiger partial charge in [0.25, 0.3) is 0 Å². The van der Waals surface area contributed by atoms with Crippen molar-refractivity contribution < 1.29 is 9.47 Å². The van der Waals surface area contributed by atoms with Gasteiger partial charge in [0.15, 0.2) is 0 Å². The predicted octanol–water partition coefficient (Wildman–Crippen LogP) is 8.02. The highest BCUT2D eigenvalue weighted by atomic mass is 127. The van der Waals surface area contributed by atoms with Crippen molar-refractivity contribution >= 4 is 38.5 Å². The van der Waals surface area contributed by atoms with E-state index in [4.69, 9.17) is 9.47 Å². The maximum absolute atomic E-state index is 6.10. The number of pyridine rings is 2. The van der Waals surface area contributed by atoms with Crippen molar-refractivity contribution in [1.82, 2.24) is 9.97 Å². The molecule has 0 amide bonds. The van der Waals surface area contributed by atoms with Crippen LogP contribution in [0.1, 0.15) is 52.9 Å². The molecule has 0 radical (unpaired) electrons. The van der Waals surface area contributed by atoms with Gasteiger partial charge in [-0.15, -0.1) is 0 Å². The standard InChI is InChI=1S/C24H26BrIN2O2/c1-23(2,3)20-9-7-16(13-27-20)29-18-11-15(25)12-19(22(18)26)30-17-8-10-21(28-14-17)24(4,5)6/h7-14H,1-6H3. The fourth-order valence-electron chi connectivity index (χ4n) is 2.71. The Morgan fingerprint density at radius 1 is 0.733 bits per heavy atom. The minimum Gasteiger partial charge on any atom is -0.454 e. The van der Waals surface area contributed by atoms with Crippen LogP contribution in [0.5, 0.6) is 23.0 Å². The van der Waals surface area contributed by atoms with Gasteiger partial charge in [0.2, 0.25) is 0 Å². The fourth-order valence-corrected chi connectivity index (χ4v) is 3.66. The highest BCUT2D eigenvalue weighted by molar-refractivity contribution is 14.1. The average Bonchev–Trinajstić information content (AvgIpc) is 2.65. The largest absolute Gasteiger partial charge is 0.454 e. The van der Waals surface area contributed by atoms with E-state index in [1.165, 1.54) is 0 Å². The molecule has 0 atom stereocenters. The maximum Gasteiger partial charge on any atom is 0.145 e. The summed E-state index contributed by atoms with van der Waals surface area (Å²) in [4.78, 5) is 9.08. The van der Waals surface area contributed by atoms with Crippen LogP contribution >= 0.6 is 38.5 Å². The van der Waals surface area contributed by atoms with Gasteiger partial charge in [-0.2, -0.15) is 0 Å². The molecule has 0 unspecified atom stereocenters. The molecule has 0 saturated heterocycles. The third kappa shape index (κ3) is 5.72. The molecule has 1 aromatic carbocycles. The molecule has 0 N–H and O–H groups in total. The van der Waals surface area contributed by atoms with Crippen molar-refractivity contribution in [2.45, 2.75) is 52.4 Å². The van der Waals surface area contributed by atoms with Crippen LogP contribution in [-0.4, -0.2) is 9.97 Å². The first-order chi connectivity index (χ1) is 13.9. The first-order valence-electron chi connectivity index (χ1n) is 9.71. The monoisotopic (exact) mass is 580 g/mol. The zero-order chi connectivity index (χ0) is 22.1. The van der Waals surface area contributed by atoms with Crippen LogP contribution in [0.2, 0.25) is 0 Å². The number of ether oxygens (including phenoxy) is 2. The highest BCUT2D eigenvalue weighted by Gasteiger charge is 2.18. The number of hydrogen-bond acceptors (Lipinski definition) is 4. The summed E-state index contributed by atoms with van der Waals surface area (Å²) in [5.74, 6) is 2.76. The Bertz CT molecular complexity index is 941. The van der Waals surface area contributed by atoms with E-state index < -0.39 is 0 Å². The summed E-state index contributed by atoms with van der Waals surface area (Å²) in [7, 11) is 0. The van der Waals surface area contributed by atoms with Crippen LogP contribution in [0.4, 0.5) is 0 Å². The predicted molar refractivity (Wildman–Crippen MR) is 133 cm³/mol. The van der Waals surface area contributed by atoms with E-state index in [-0.39, 0.29) is 10.8 Å². The second kappa shape index (κ2) is 8.83. The number of halogens is 2. The molecule has 6 heteroatoms. The SMILES string of the molecule is CC(C)(C)c1ccc(Oc2cc(Br)cc(Oc3ccc(C(C)(C)C)nc3)c2I)cn1. The third-order valence-electron chi connectivity index (χ3n) is 4.44. The van der Waals surface area contributed by atoms with Gasteiger partial charge in [-0.3, -0.25) is 9.97 Å².